The Bertz CT molecular complexity index is 1090. The number of amides is 1. The molecule has 0 unspecified atom stereocenters. The zero-order valence-corrected chi connectivity index (χ0v) is 18.9. The standard InChI is InChI=1S/C25H31N5O2/c1-17-26-16-23(32-17)19-3-4-20-15-27-24(14-21(20)13-19)28-25(31)18-5-11-30(12-6-18)22-7-9-29(2)10-8-22/h3-4,13-16,18,22H,5-12H2,1-2H3,(H,27,28,31). The van der Waals surface area contributed by atoms with Gasteiger partial charge in [0.25, 0.3) is 0 Å². The van der Waals surface area contributed by atoms with E-state index >= 15 is 0 Å². The summed E-state index contributed by atoms with van der Waals surface area (Å²) in [5, 5.41) is 5.09. The molecule has 7 heteroatoms. The topological polar surface area (TPSA) is 74.5 Å². The molecule has 1 aromatic carbocycles. The van der Waals surface area contributed by atoms with Crippen LogP contribution in [-0.2, 0) is 4.79 Å². The zero-order chi connectivity index (χ0) is 22.1. The summed E-state index contributed by atoms with van der Waals surface area (Å²) in [7, 11) is 2.20. The van der Waals surface area contributed by atoms with Crippen molar-refractivity contribution in [3.63, 3.8) is 0 Å². The monoisotopic (exact) mass is 433 g/mol. The Hall–Kier alpha value is -2.77. The van der Waals surface area contributed by atoms with Gasteiger partial charge in [-0.2, -0.15) is 0 Å². The van der Waals surface area contributed by atoms with Crippen molar-refractivity contribution in [1.29, 1.82) is 0 Å². The number of oxazole rings is 1. The average molecular weight is 434 g/mol. The minimum absolute atomic E-state index is 0.0542. The van der Waals surface area contributed by atoms with Gasteiger partial charge in [0.05, 0.1) is 6.20 Å². The van der Waals surface area contributed by atoms with Crippen molar-refractivity contribution in [3.05, 3.63) is 42.5 Å². The Morgan fingerprint density at radius 2 is 1.78 bits per heavy atom. The van der Waals surface area contributed by atoms with E-state index in [-0.39, 0.29) is 11.8 Å². The first kappa shape index (κ1) is 21.1. The van der Waals surface area contributed by atoms with Crippen LogP contribution in [0.2, 0.25) is 0 Å². The van der Waals surface area contributed by atoms with E-state index in [2.05, 4.69) is 32.1 Å². The van der Waals surface area contributed by atoms with Crippen molar-refractivity contribution in [1.82, 2.24) is 19.8 Å². The number of rotatable bonds is 4. The van der Waals surface area contributed by atoms with Crippen LogP contribution in [0.1, 0.15) is 31.6 Å². The Labute approximate surface area is 188 Å². The second-order valence-corrected chi connectivity index (χ2v) is 9.21. The van der Waals surface area contributed by atoms with Crippen molar-refractivity contribution < 1.29 is 9.21 Å². The van der Waals surface area contributed by atoms with E-state index in [9.17, 15) is 4.79 Å². The van der Waals surface area contributed by atoms with E-state index in [1.165, 1.54) is 25.9 Å². The summed E-state index contributed by atoms with van der Waals surface area (Å²) in [4.78, 5) is 26.6. The number of fused-ring (bicyclic) bond motifs is 1. The van der Waals surface area contributed by atoms with E-state index in [4.69, 9.17) is 4.42 Å². The largest absolute Gasteiger partial charge is 0.441 e. The number of pyridine rings is 1. The number of nitrogens with one attached hydrogen (secondary N) is 1. The summed E-state index contributed by atoms with van der Waals surface area (Å²) < 4.78 is 5.65. The fourth-order valence-electron chi connectivity index (χ4n) is 4.97. The fraction of sp³-hybridized carbons (Fsp3) is 0.480. The molecule has 5 rings (SSSR count). The third kappa shape index (κ3) is 4.54. The number of anilines is 1. The van der Waals surface area contributed by atoms with Crippen molar-refractivity contribution in [2.24, 2.45) is 5.92 Å². The molecule has 32 heavy (non-hydrogen) atoms. The van der Waals surface area contributed by atoms with Crippen molar-refractivity contribution in [2.75, 3.05) is 38.5 Å². The van der Waals surface area contributed by atoms with Crippen LogP contribution in [0.4, 0.5) is 5.82 Å². The number of aromatic nitrogens is 2. The van der Waals surface area contributed by atoms with Gasteiger partial charge in [-0.25, -0.2) is 9.97 Å². The van der Waals surface area contributed by atoms with Gasteiger partial charge < -0.3 is 19.5 Å². The highest BCUT2D eigenvalue weighted by Gasteiger charge is 2.30. The van der Waals surface area contributed by atoms with Crippen LogP contribution in [0.3, 0.4) is 0 Å². The van der Waals surface area contributed by atoms with Gasteiger partial charge in [0, 0.05) is 36.0 Å². The first-order valence-electron chi connectivity index (χ1n) is 11.6. The molecular weight excluding hydrogens is 402 g/mol. The van der Waals surface area contributed by atoms with Gasteiger partial charge in [-0.1, -0.05) is 12.1 Å². The van der Waals surface area contributed by atoms with E-state index in [1.54, 1.807) is 6.20 Å². The number of benzene rings is 1. The van der Waals surface area contributed by atoms with Crippen molar-refractivity contribution in [2.45, 2.75) is 38.6 Å². The number of nitrogens with zero attached hydrogens (tertiary/aromatic N) is 4. The molecule has 168 valence electrons. The Balaban J connectivity index is 1.22. The van der Waals surface area contributed by atoms with Gasteiger partial charge in [0.2, 0.25) is 5.91 Å². The zero-order valence-electron chi connectivity index (χ0n) is 18.9. The van der Waals surface area contributed by atoms with E-state index in [0.717, 1.165) is 48.0 Å². The van der Waals surface area contributed by atoms with Crippen molar-refractivity contribution >= 4 is 22.5 Å². The van der Waals surface area contributed by atoms with Crippen LogP contribution in [-0.4, -0.2) is 64.9 Å². The molecule has 2 aromatic heterocycles. The molecule has 0 aliphatic carbocycles. The molecule has 1 N–H and O–H groups in total. The molecule has 2 aliphatic rings. The second kappa shape index (κ2) is 9.00. The fourth-order valence-corrected chi connectivity index (χ4v) is 4.97. The maximum atomic E-state index is 12.9. The lowest BCUT2D eigenvalue weighted by molar-refractivity contribution is -0.121. The first-order chi connectivity index (χ1) is 15.5. The lowest BCUT2D eigenvalue weighted by Crippen LogP contribution is -2.48. The normalized spacial score (nSPS) is 19.4. The van der Waals surface area contributed by atoms with Gasteiger partial charge in [0.15, 0.2) is 11.7 Å². The molecular formula is C25H31N5O2. The summed E-state index contributed by atoms with van der Waals surface area (Å²) in [5.41, 5.74) is 0.961. The molecule has 4 heterocycles. The molecule has 0 saturated carbocycles. The molecule has 2 aliphatic heterocycles. The average Bonchev–Trinajstić information content (AvgIpc) is 3.25. The number of piperidine rings is 2. The first-order valence-corrected chi connectivity index (χ1v) is 11.6. The molecule has 0 spiro atoms. The Morgan fingerprint density at radius 3 is 2.50 bits per heavy atom. The van der Waals surface area contributed by atoms with Gasteiger partial charge in [-0.05, 0) is 76.4 Å². The Kier molecular flexibility index (Phi) is 5.93. The molecule has 2 fully saturated rings. The minimum Gasteiger partial charge on any atom is -0.441 e. The highest BCUT2D eigenvalue weighted by atomic mass is 16.4. The smallest absolute Gasteiger partial charge is 0.228 e. The SMILES string of the molecule is Cc1ncc(-c2ccc3cnc(NC(=O)C4CCN(C5CCN(C)CC5)CC4)cc3c2)o1. The van der Waals surface area contributed by atoms with Gasteiger partial charge >= 0.3 is 0 Å². The maximum absolute atomic E-state index is 12.9. The molecule has 3 aromatic rings. The van der Waals surface area contributed by atoms with E-state index in [0.29, 0.717) is 17.8 Å². The lowest BCUT2D eigenvalue weighted by atomic mass is 9.93. The third-order valence-corrected chi connectivity index (χ3v) is 6.98. The highest BCUT2D eigenvalue weighted by molar-refractivity contribution is 5.95. The number of hydrogen-bond acceptors (Lipinski definition) is 6. The molecule has 0 bridgehead atoms. The quantitative estimate of drug-likeness (QED) is 0.672. The number of likely N-dealkylation sites (tertiary alicyclic amines) is 2. The summed E-state index contributed by atoms with van der Waals surface area (Å²) >= 11 is 0. The number of aryl methyl sites for hydroxylation is 1. The van der Waals surface area contributed by atoms with Crippen LogP contribution in [0.25, 0.3) is 22.1 Å². The van der Waals surface area contributed by atoms with E-state index in [1.807, 2.05) is 37.4 Å². The lowest BCUT2D eigenvalue weighted by Gasteiger charge is -2.40. The van der Waals surface area contributed by atoms with Crippen molar-refractivity contribution in [3.8, 4) is 11.3 Å². The maximum Gasteiger partial charge on any atom is 0.228 e. The van der Waals surface area contributed by atoms with Gasteiger partial charge in [-0.15, -0.1) is 0 Å². The molecule has 0 atom stereocenters. The van der Waals surface area contributed by atoms with Crippen LogP contribution >= 0.6 is 0 Å². The minimum atomic E-state index is 0.0542. The third-order valence-electron chi connectivity index (χ3n) is 6.98. The number of hydrogen-bond donors (Lipinski definition) is 1. The highest BCUT2D eigenvalue weighted by Crippen LogP contribution is 2.27. The number of carbonyl (C=O) groups is 1. The van der Waals surface area contributed by atoms with Crippen LogP contribution < -0.4 is 5.32 Å². The molecule has 1 amide bonds. The summed E-state index contributed by atoms with van der Waals surface area (Å²) in [5.74, 6) is 2.12. The van der Waals surface area contributed by atoms with Crippen LogP contribution in [0.5, 0.6) is 0 Å². The van der Waals surface area contributed by atoms with Gasteiger partial charge in [0.1, 0.15) is 5.82 Å². The summed E-state index contributed by atoms with van der Waals surface area (Å²) in [6, 6.07) is 8.68. The number of carbonyl (C=O) groups excluding carboxylic acids is 1. The predicted octanol–water partition coefficient (Wildman–Crippen LogP) is 3.94. The Morgan fingerprint density at radius 1 is 1.00 bits per heavy atom. The second-order valence-electron chi connectivity index (χ2n) is 9.21. The summed E-state index contributed by atoms with van der Waals surface area (Å²) in [6.07, 6.45) is 7.86. The molecule has 7 nitrogen and oxygen atoms in total. The summed E-state index contributed by atoms with van der Waals surface area (Å²) in [6.45, 7) is 6.21. The molecule has 2 saturated heterocycles. The van der Waals surface area contributed by atoms with Crippen LogP contribution in [0, 0.1) is 12.8 Å². The molecule has 0 radical (unpaired) electrons. The van der Waals surface area contributed by atoms with E-state index < -0.39 is 0 Å². The predicted molar refractivity (Wildman–Crippen MR) is 125 cm³/mol. The van der Waals surface area contributed by atoms with Crippen LogP contribution in [0.15, 0.2) is 41.1 Å². The van der Waals surface area contributed by atoms with Gasteiger partial charge in [-0.3, -0.25) is 4.79 Å².